The van der Waals surface area contributed by atoms with Gasteiger partial charge in [-0.15, -0.1) is 0 Å². The molecular weight excluding hydrogens is 286 g/mol. The van der Waals surface area contributed by atoms with E-state index < -0.39 is 0 Å². The van der Waals surface area contributed by atoms with Gasteiger partial charge in [0.1, 0.15) is 0 Å². The van der Waals surface area contributed by atoms with Gasteiger partial charge in [-0.1, -0.05) is 64.7 Å². The third-order valence-electron chi connectivity index (χ3n) is 4.08. The Labute approximate surface area is 141 Å². The maximum atomic E-state index is 9.54. The summed E-state index contributed by atoms with van der Waals surface area (Å²) in [5, 5.41) is 9.54. The molecule has 1 N–H and O–H groups in total. The third kappa shape index (κ3) is 9.27. The summed E-state index contributed by atoms with van der Waals surface area (Å²) in [7, 11) is 1.56. The van der Waals surface area contributed by atoms with Crippen molar-refractivity contribution in [2.45, 2.75) is 71.1 Å². The van der Waals surface area contributed by atoms with Crippen molar-refractivity contribution >= 4 is 6.21 Å². The Morgan fingerprint density at radius 2 is 1.57 bits per heavy atom. The third-order valence-corrected chi connectivity index (χ3v) is 4.08. The van der Waals surface area contributed by atoms with Crippen LogP contribution in [-0.2, 0) is 0 Å². The van der Waals surface area contributed by atoms with Crippen molar-refractivity contribution in [2.75, 3.05) is 13.7 Å². The molecule has 0 heterocycles. The first-order valence-corrected chi connectivity index (χ1v) is 9.14. The van der Waals surface area contributed by atoms with Crippen LogP contribution in [0.5, 0.6) is 11.5 Å². The van der Waals surface area contributed by atoms with Crippen molar-refractivity contribution < 1.29 is 9.84 Å². The lowest BCUT2D eigenvalue weighted by molar-refractivity contribution is 0.373. The fourth-order valence-corrected chi connectivity index (χ4v) is 2.64. The molecule has 0 aliphatic carbocycles. The van der Waals surface area contributed by atoms with E-state index in [-0.39, 0.29) is 5.75 Å². The molecule has 0 radical (unpaired) electrons. The second-order valence-electron chi connectivity index (χ2n) is 6.15. The van der Waals surface area contributed by atoms with Crippen molar-refractivity contribution in [2.24, 2.45) is 4.99 Å². The molecule has 130 valence electrons. The van der Waals surface area contributed by atoms with Gasteiger partial charge < -0.3 is 9.84 Å². The quantitative estimate of drug-likeness (QED) is 0.372. The summed E-state index contributed by atoms with van der Waals surface area (Å²) in [6.07, 6.45) is 15.3. The highest BCUT2D eigenvalue weighted by molar-refractivity contribution is 5.80. The molecule has 1 rings (SSSR count). The van der Waals surface area contributed by atoms with E-state index in [9.17, 15) is 5.11 Å². The predicted molar refractivity (Wildman–Crippen MR) is 99.0 cm³/mol. The van der Waals surface area contributed by atoms with E-state index in [1.54, 1.807) is 19.2 Å². The number of aliphatic imine (C=N–C) groups is 1. The van der Waals surface area contributed by atoms with Gasteiger partial charge in [0, 0.05) is 12.8 Å². The van der Waals surface area contributed by atoms with Crippen molar-refractivity contribution in [1.82, 2.24) is 0 Å². The number of methoxy groups -OCH3 is 1. The van der Waals surface area contributed by atoms with Crippen LogP contribution in [-0.4, -0.2) is 25.0 Å². The summed E-state index contributed by atoms with van der Waals surface area (Å²) in [5.41, 5.74) is 0.965. The van der Waals surface area contributed by atoms with Crippen LogP contribution in [0.2, 0.25) is 0 Å². The van der Waals surface area contributed by atoms with Crippen LogP contribution >= 0.6 is 0 Å². The molecule has 0 aliphatic heterocycles. The van der Waals surface area contributed by atoms with Gasteiger partial charge in [0.05, 0.1) is 7.11 Å². The zero-order chi connectivity index (χ0) is 16.8. The number of aromatic hydroxyl groups is 1. The smallest absolute Gasteiger partial charge is 0.161 e. The number of hydrogen-bond donors (Lipinski definition) is 1. The normalized spacial score (nSPS) is 11.2. The molecule has 0 saturated carbocycles. The second kappa shape index (κ2) is 13.0. The van der Waals surface area contributed by atoms with E-state index in [0.29, 0.717) is 5.75 Å². The van der Waals surface area contributed by atoms with Crippen LogP contribution in [0.15, 0.2) is 23.2 Å². The summed E-state index contributed by atoms with van der Waals surface area (Å²) in [4.78, 5) is 4.45. The number of benzene rings is 1. The highest BCUT2D eigenvalue weighted by atomic mass is 16.5. The number of unbranched alkanes of at least 4 members (excludes halogenated alkanes) is 9. The zero-order valence-electron chi connectivity index (χ0n) is 14.9. The van der Waals surface area contributed by atoms with Gasteiger partial charge in [-0.3, -0.25) is 4.99 Å². The monoisotopic (exact) mass is 319 g/mol. The van der Waals surface area contributed by atoms with Gasteiger partial charge in [-0.2, -0.15) is 0 Å². The summed E-state index contributed by atoms with van der Waals surface area (Å²) in [6, 6.07) is 5.29. The van der Waals surface area contributed by atoms with Gasteiger partial charge >= 0.3 is 0 Å². The summed E-state index contributed by atoms with van der Waals surface area (Å²) < 4.78 is 5.09. The minimum Gasteiger partial charge on any atom is -0.504 e. The second-order valence-corrected chi connectivity index (χ2v) is 6.15. The topological polar surface area (TPSA) is 41.8 Å². The van der Waals surface area contributed by atoms with Gasteiger partial charge in [-0.05, 0) is 30.2 Å². The first-order chi connectivity index (χ1) is 11.3. The molecule has 0 bridgehead atoms. The SMILES string of the molecule is CCCCCCCCCCCCN=Cc1ccc(O)c(OC)c1. The molecule has 0 aromatic heterocycles. The highest BCUT2D eigenvalue weighted by Gasteiger charge is 2.00. The number of ether oxygens (including phenoxy) is 1. The molecule has 23 heavy (non-hydrogen) atoms. The molecule has 0 spiro atoms. The highest BCUT2D eigenvalue weighted by Crippen LogP contribution is 2.25. The van der Waals surface area contributed by atoms with E-state index in [4.69, 9.17) is 4.74 Å². The molecule has 0 fully saturated rings. The fourth-order valence-electron chi connectivity index (χ4n) is 2.64. The Kier molecular flexibility index (Phi) is 11.0. The minimum atomic E-state index is 0.166. The van der Waals surface area contributed by atoms with E-state index >= 15 is 0 Å². The molecule has 0 aliphatic rings. The fraction of sp³-hybridized carbons (Fsp3) is 0.650. The molecular formula is C20H33NO2. The first-order valence-electron chi connectivity index (χ1n) is 9.14. The van der Waals surface area contributed by atoms with E-state index in [1.165, 1.54) is 57.8 Å². The Balaban J connectivity index is 2.02. The van der Waals surface area contributed by atoms with Crippen molar-refractivity contribution in [3.63, 3.8) is 0 Å². The summed E-state index contributed by atoms with van der Waals surface area (Å²) in [6.45, 7) is 3.14. The van der Waals surface area contributed by atoms with Crippen LogP contribution in [0, 0.1) is 0 Å². The molecule has 0 saturated heterocycles. The molecule has 0 amide bonds. The Hall–Kier alpha value is -1.51. The molecule has 3 nitrogen and oxygen atoms in total. The largest absolute Gasteiger partial charge is 0.504 e. The van der Waals surface area contributed by atoms with Gasteiger partial charge in [0.25, 0.3) is 0 Å². The van der Waals surface area contributed by atoms with Crippen molar-refractivity contribution in [1.29, 1.82) is 0 Å². The average molecular weight is 319 g/mol. The van der Waals surface area contributed by atoms with Gasteiger partial charge in [-0.25, -0.2) is 0 Å². The maximum absolute atomic E-state index is 9.54. The molecule has 0 unspecified atom stereocenters. The Morgan fingerprint density at radius 3 is 2.17 bits per heavy atom. The molecule has 1 aromatic carbocycles. The van der Waals surface area contributed by atoms with Crippen LogP contribution in [0.1, 0.15) is 76.7 Å². The zero-order valence-corrected chi connectivity index (χ0v) is 14.9. The first kappa shape index (κ1) is 19.5. The number of hydrogen-bond acceptors (Lipinski definition) is 3. The van der Waals surface area contributed by atoms with Crippen LogP contribution in [0.4, 0.5) is 0 Å². The van der Waals surface area contributed by atoms with E-state index in [2.05, 4.69) is 11.9 Å². The molecule has 1 aromatic rings. The maximum Gasteiger partial charge on any atom is 0.161 e. The molecule has 0 atom stereocenters. The molecule has 3 heteroatoms. The summed E-state index contributed by atoms with van der Waals surface area (Å²) >= 11 is 0. The average Bonchev–Trinajstić information content (AvgIpc) is 2.57. The predicted octanol–water partition coefficient (Wildman–Crippen LogP) is 5.74. The van der Waals surface area contributed by atoms with Crippen LogP contribution in [0.25, 0.3) is 0 Å². The number of rotatable bonds is 13. The van der Waals surface area contributed by atoms with Gasteiger partial charge in [0.15, 0.2) is 11.5 Å². The van der Waals surface area contributed by atoms with Crippen LogP contribution < -0.4 is 4.74 Å². The van der Waals surface area contributed by atoms with Crippen molar-refractivity contribution in [3.8, 4) is 11.5 Å². The van der Waals surface area contributed by atoms with Crippen molar-refractivity contribution in [3.05, 3.63) is 23.8 Å². The lowest BCUT2D eigenvalue weighted by atomic mass is 10.1. The van der Waals surface area contributed by atoms with E-state index in [1.807, 2.05) is 12.3 Å². The number of phenolic OH excluding ortho intramolecular Hbond substituents is 1. The minimum absolute atomic E-state index is 0.166. The Bertz CT molecular complexity index is 443. The number of phenols is 1. The standard InChI is InChI=1S/C20H33NO2/c1-3-4-5-6-7-8-9-10-11-12-15-21-17-18-13-14-19(22)20(16-18)23-2/h13-14,16-17,22H,3-12,15H2,1-2H3. The Morgan fingerprint density at radius 1 is 0.957 bits per heavy atom. The van der Waals surface area contributed by atoms with Crippen LogP contribution in [0.3, 0.4) is 0 Å². The van der Waals surface area contributed by atoms with E-state index in [0.717, 1.165) is 18.5 Å². The van der Waals surface area contributed by atoms with Gasteiger partial charge in [0.2, 0.25) is 0 Å². The number of nitrogens with zero attached hydrogens (tertiary/aromatic N) is 1. The lowest BCUT2D eigenvalue weighted by Gasteiger charge is -2.03. The lowest BCUT2D eigenvalue weighted by Crippen LogP contribution is -1.89. The summed E-state index contributed by atoms with van der Waals surface area (Å²) in [5.74, 6) is 0.659.